The van der Waals surface area contributed by atoms with Crippen LogP contribution in [-0.4, -0.2) is 28.4 Å². The molecule has 0 saturated heterocycles. The molecule has 32 heavy (non-hydrogen) atoms. The minimum Gasteiger partial charge on any atom is -0.438 e. The number of nitrogens with one attached hydrogen (secondary N) is 1. The summed E-state index contributed by atoms with van der Waals surface area (Å²) in [6.45, 7) is 5.93. The highest BCUT2D eigenvalue weighted by Crippen LogP contribution is 2.26. The monoisotopic (exact) mass is 469 g/mol. The van der Waals surface area contributed by atoms with Crippen LogP contribution in [0.1, 0.15) is 17.0 Å². The highest BCUT2D eigenvalue weighted by atomic mass is 35.5. The van der Waals surface area contributed by atoms with E-state index in [1.54, 1.807) is 53.2 Å². The Morgan fingerprint density at radius 2 is 1.66 bits per heavy atom. The first-order valence-electron chi connectivity index (χ1n) is 9.67. The predicted octanol–water partition coefficient (Wildman–Crippen LogP) is 4.83. The number of halogens is 1. The minimum absolute atomic E-state index is 0.00941. The Balaban J connectivity index is 1.46. The number of anilines is 1. The molecular formula is C22H20ClN5O3S. The lowest BCUT2D eigenvalue weighted by atomic mass is 10.2. The van der Waals surface area contributed by atoms with E-state index in [-0.39, 0.29) is 9.92 Å². The quantitative estimate of drug-likeness (QED) is 0.434. The number of benzene rings is 2. The first-order valence-corrected chi connectivity index (χ1v) is 11.5. The van der Waals surface area contributed by atoms with Gasteiger partial charge in [0.2, 0.25) is 5.88 Å². The Kier molecular flexibility index (Phi) is 5.86. The predicted molar refractivity (Wildman–Crippen MR) is 122 cm³/mol. The fourth-order valence-electron chi connectivity index (χ4n) is 3.01. The summed E-state index contributed by atoms with van der Waals surface area (Å²) in [5, 5.41) is 12.9. The van der Waals surface area contributed by atoms with Crippen LogP contribution in [0.3, 0.4) is 0 Å². The van der Waals surface area contributed by atoms with E-state index in [0.29, 0.717) is 23.1 Å². The van der Waals surface area contributed by atoms with Gasteiger partial charge in [0.25, 0.3) is 10.0 Å². The van der Waals surface area contributed by atoms with Crippen LogP contribution in [0, 0.1) is 20.8 Å². The van der Waals surface area contributed by atoms with Gasteiger partial charge in [-0.3, -0.25) is 4.72 Å². The van der Waals surface area contributed by atoms with Gasteiger partial charge in [0, 0.05) is 17.4 Å². The van der Waals surface area contributed by atoms with Crippen molar-refractivity contribution in [2.45, 2.75) is 25.7 Å². The van der Waals surface area contributed by atoms with Crippen LogP contribution in [0.2, 0.25) is 5.02 Å². The highest BCUT2D eigenvalue weighted by molar-refractivity contribution is 7.92. The standard InChI is InChI=1S/C22H20ClN5O3S/c1-14-15(2)26-28(16(14)3)21-12-13-22(25-24-21)31-18-10-8-17(9-11-18)27-32(29,30)20-7-5-4-6-19(20)23/h4-13,27H,1-3H3. The minimum atomic E-state index is -3.81. The fraction of sp³-hybridized carbons (Fsp3) is 0.136. The molecule has 8 nitrogen and oxygen atoms in total. The van der Waals surface area contributed by atoms with Gasteiger partial charge in [-0.05, 0) is 68.8 Å². The largest absolute Gasteiger partial charge is 0.438 e. The van der Waals surface area contributed by atoms with E-state index in [1.165, 1.54) is 12.1 Å². The summed E-state index contributed by atoms with van der Waals surface area (Å²) >= 11 is 6.00. The van der Waals surface area contributed by atoms with Crippen LogP contribution >= 0.6 is 11.6 Å². The van der Waals surface area contributed by atoms with Crippen molar-refractivity contribution in [1.82, 2.24) is 20.0 Å². The summed E-state index contributed by atoms with van der Waals surface area (Å²) in [4.78, 5) is 0.00941. The third-order valence-electron chi connectivity index (χ3n) is 4.95. The molecule has 0 spiro atoms. The Hall–Kier alpha value is -3.43. The average Bonchev–Trinajstić information content (AvgIpc) is 3.03. The first-order chi connectivity index (χ1) is 15.2. The van der Waals surface area contributed by atoms with E-state index < -0.39 is 10.0 Å². The van der Waals surface area contributed by atoms with Crippen molar-refractivity contribution in [3.63, 3.8) is 0 Å². The van der Waals surface area contributed by atoms with Crippen LogP contribution in [0.15, 0.2) is 65.6 Å². The Morgan fingerprint density at radius 3 is 2.25 bits per heavy atom. The molecule has 4 rings (SSSR count). The maximum atomic E-state index is 12.5. The van der Waals surface area contributed by atoms with Crippen molar-refractivity contribution in [2.24, 2.45) is 0 Å². The maximum absolute atomic E-state index is 12.5. The van der Waals surface area contributed by atoms with Gasteiger partial charge in [0.1, 0.15) is 10.6 Å². The summed E-state index contributed by atoms with van der Waals surface area (Å²) in [7, 11) is -3.81. The van der Waals surface area contributed by atoms with Gasteiger partial charge in [-0.25, -0.2) is 13.1 Å². The Bertz CT molecular complexity index is 1370. The topological polar surface area (TPSA) is 99.0 Å². The molecule has 0 radical (unpaired) electrons. The SMILES string of the molecule is Cc1nn(-c2ccc(Oc3ccc(NS(=O)(=O)c4ccccc4Cl)cc3)nn2)c(C)c1C. The molecule has 0 bridgehead atoms. The van der Waals surface area contributed by atoms with Gasteiger partial charge in [-0.15, -0.1) is 10.2 Å². The number of nitrogens with zero attached hydrogens (tertiary/aromatic N) is 4. The fourth-order valence-corrected chi connectivity index (χ4v) is 4.59. The normalized spacial score (nSPS) is 11.4. The molecule has 0 aliphatic rings. The van der Waals surface area contributed by atoms with E-state index in [0.717, 1.165) is 17.0 Å². The molecular weight excluding hydrogens is 450 g/mol. The third kappa shape index (κ3) is 4.44. The second-order valence-corrected chi connectivity index (χ2v) is 9.16. The van der Waals surface area contributed by atoms with Crippen molar-refractivity contribution in [1.29, 1.82) is 0 Å². The molecule has 0 aliphatic heterocycles. The number of sulfonamides is 1. The van der Waals surface area contributed by atoms with Crippen LogP contribution in [-0.2, 0) is 10.0 Å². The van der Waals surface area contributed by atoms with Crippen LogP contribution in [0.4, 0.5) is 5.69 Å². The van der Waals surface area contributed by atoms with Gasteiger partial charge in [0.05, 0.1) is 10.7 Å². The van der Waals surface area contributed by atoms with Crippen molar-refractivity contribution >= 4 is 27.3 Å². The number of hydrogen-bond acceptors (Lipinski definition) is 6. The Labute approximate surface area is 190 Å². The summed E-state index contributed by atoms with van der Waals surface area (Å²) < 4.78 is 35.0. The molecule has 0 fully saturated rings. The van der Waals surface area contributed by atoms with Crippen molar-refractivity contribution in [3.8, 4) is 17.4 Å². The van der Waals surface area contributed by atoms with Gasteiger partial charge in [0.15, 0.2) is 5.82 Å². The van der Waals surface area contributed by atoms with E-state index in [1.807, 2.05) is 20.8 Å². The molecule has 2 aromatic carbocycles. The number of ether oxygens (including phenoxy) is 1. The molecule has 0 unspecified atom stereocenters. The first kappa shape index (κ1) is 21.8. The van der Waals surface area contributed by atoms with Gasteiger partial charge in [-0.2, -0.15) is 5.10 Å². The lowest BCUT2D eigenvalue weighted by Gasteiger charge is -2.10. The lowest BCUT2D eigenvalue weighted by Crippen LogP contribution is -2.13. The lowest BCUT2D eigenvalue weighted by molar-refractivity contribution is 0.454. The molecule has 0 amide bonds. The van der Waals surface area contributed by atoms with E-state index in [4.69, 9.17) is 16.3 Å². The Morgan fingerprint density at radius 1 is 0.938 bits per heavy atom. The van der Waals surface area contributed by atoms with Crippen molar-refractivity contribution < 1.29 is 13.2 Å². The average molecular weight is 470 g/mol. The summed E-state index contributed by atoms with van der Waals surface area (Å²) in [5.41, 5.74) is 3.42. The molecule has 4 aromatic rings. The van der Waals surface area contributed by atoms with E-state index >= 15 is 0 Å². The molecule has 10 heteroatoms. The second-order valence-electron chi connectivity index (χ2n) is 7.10. The third-order valence-corrected chi connectivity index (χ3v) is 6.83. The molecule has 2 aromatic heterocycles. The van der Waals surface area contributed by atoms with Crippen LogP contribution < -0.4 is 9.46 Å². The van der Waals surface area contributed by atoms with Crippen LogP contribution in [0.25, 0.3) is 5.82 Å². The van der Waals surface area contributed by atoms with E-state index in [9.17, 15) is 8.42 Å². The molecule has 2 heterocycles. The summed E-state index contributed by atoms with van der Waals surface area (Å²) in [6.07, 6.45) is 0. The molecule has 0 atom stereocenters. The molecule has 0 aliphatic carbocycles. The molecule has 164 valence electrons. The highest BCUT2D eigenvalue weighted by Gasteiger charge is 2.17. The zero-order valence-corrected chi connectivity index (χ0v) is 19.1. The van der Waals surface area contributed by atoms with E-state index in [2.05, 4.69) is 20.0 Å². The van der Waals surface area contributed by atoms with Crippen LogP contribution in [0.5, 0.6) is 11.6 Å². The second kappa shape index (κ2) is 8.60. The summed E-state index contributed by atoms with van der Waals surface area (Å²) in [6, 6.07) is 16.1. The maximum Gasteiger partial charge on any atom is 0.263 e. The number of aromatic nitrogens is 4. The zero-order chi connectivity index (χ0) is 22.9. The van der Waals surface area contributed by atoms with Gasteiger partial charge >= 0.3 is 0 Å². The van der Waals surface area contributed by atoms with Crippen molar-refractivity contribution in [3.05, 3.63) is 82.6 Å². The smallest absolute Gasteiger partial charge is 0.263 e. The number of aryl methyl sites for hydroxylation is 1. The van der Waals surface area contributed by atoms with Crippen molar-refractivity contribution in [2.75, 3.05) is 4.72 Å². The number of hydrogen-bond donors (Lipinski definition) is 1. The molecule has 1 N–H and O–H groups in total. The van der Waals surface area contributed by atoms with Gasteiger partial charge in [-0.1, -0.05) is 23.7 Å². The number of rotatable bonds is 6. The molecule has 0 saturated carbocycles. The zero-order valence-electron chi connectivity index (χ0n) is 17.6. The summed E-state index contributed by atoms with van der Waals surface area (Å²) in [5.74, 6) is 1.38. The van der Waals surface area contributed by atoms with Gasteiger partial charge < -0.3 is 4.74 Å².